The second-order valence-electron chi connectivity index (χ2n) is 6.77. The Bertz CT molecular complexity index is 270. The minimum absolute atomic E-state index is 0.148. The van der Waals surface area contributed by atoms with Gasteiger partial charge in [-0.3, -0.25) is 4.79 Å². The molecule has 1 aliphatic rings. The number of carbonyl (C=O) groups excluding carboxylic acids is 1. The fraction of sp³-hybridized carbons (Fsp3) is 0.938. The first kappa shape index (κ1) is 16.5. The number of nitrogens with one attached hydrogen (secondary N) is 2. The molecule has 0 saturated heterocycles. The highest BCUT2D eigenvalue weighted by atomic mass is 16.1. The molecular weight excluding hydrogens is 236 g/mol. The van der Waals surface area contributed by atoms with Gasteiger partial charge < -0.3 is 10.6 Å². The van der Waals surface area contributed by atoms with E-state index in [2.05, 4.69) is 38.3 Å². The Morgan fingerprint density at radius 2 is 1.84 bits per heavy atom. The second-order valence-corrected chi connectivity index (χ2v) is 6.77. The molecule has 0 aromatic carbocycles. The highest BCUT2D eigenvalue weighted by Crippen LogP contribution is 2.42. The molecule has 3 heteroatoms. The number of carbonyl (C=O) groups is 1. The highest BCUT2D eigenvalue weighted by molar-refractivity contribution is 5.78. The van der Waals surface area contributed by atoms with E-state index >= 15 is 0 Å². The third-order valence-corrected chi connectivity index (χ3v) is 4.39. The van der Waals surface area contributed by atoms with E-state index in [9.17, 15) is 4.79 Å². The van der Waals surface area contributed by atoms with Gasteiger partial charge in [-0.2, -0.15) is 0 Å². The SMILES string of the molecule is CCC(C)NCC(=O)NCC1(CC(C)C)CCCC1. The summed E-state index contributed by atoms with van der Waals surface area (Å²) in [4.78, 5) is 11.9. The van der Waals surface area contributed by atoms with Crippen LogP contribution in [-0.4, -0.2) is 25.0 Å². The van der Waals surface area contributed by atoms with Crippen LogP contribution in [0.2, 0.25) is 0 Å². The van der Waals surface area contributed by atoms with Crippen LogP contribution < -0.4 is 10.6 Å². The maximum atomic E-state index is 11.9. The fourth-order valence-corrected chi connectivity index (χ4v) is 3.20. The van der Waals surface area contributed by atoms with Crippen molar-refractivity contribution in [1.29, 1.82) is 0 Å². The second kappa shape index (κ2) is 7.88. The average Bonchev–Trinajstić information content (AvgIpc) is 2.81. The molecule has 0 heterocycles. The highest BCUT2D eigenvalue weighted by Gasteiger charge is 2.34. The molecule has 1 fully saturated rings. The van der Waals surface area contributed by atoms with Gasteiger partial charge in [0.05, 0.1) is 6.54 Å². The van der Waals surface area contributed by atoms with E-state index in [1.807, 2.05) is 0 Å². The number of rotatable bonds is 8. The van der Waals surface area contributed by atoms with Crippen molar-refractivity contribution in [3.05, 3.63) is 0 Å². The summed E-state index contributed by atoms with van der Waals surface area (Å²) in [6, 6.07) is 0.418. The zero-order valence-corrected chi connectivity index (χ0v) is 13.2. The molecular formula is C16H32N2O. The topological polar surface area (TPSA) is 41.1 Å². The van der Waals surface area contributed by atoms with Crippen molar-refractivity contribution < 1.29 is 4.79 Å². The zero-order valence-electron chi connectivity index (χ0n) is 13.2. The Hall–Kier alpha value is -0.570. The van der Waals surface area contributed by atoms with Crippen molar-refractivity contribution in [2.75, 3.05) is 13.1 Å². The molecule has 1 rings (SSSR count). The van der Waals surface area contributed by atoms with Crippen LogP contribution in [-0.2, 0) is 4.79 Å². The molecule has 2 N–H and O–H groups in total. The normalized spacial score (nSPS) is 19.6. The molecule has 1 amide bonds. The van der Waals surface area contributed by atoms with Crippen LogP contribution in [0.25, 0.3) is 0 Å². The first-order valence-corrected chi connectivity index (χ1v) is 7.97. The molecule has 0 aromatic heterocycles. The standard InChI is InChI=1S/C16H32N2O/c1-5-14(4)17-11-15(19)18-12-16(10-13(2)3)8-6-7-9-16/h13-14,17H,5-12H2,1-4H3,(H,18,19). The molecule has 112 valence electrons. The van der Waals surface area contributed by atoms with Crippen LogP contribution in [0, 0.1) is 11.3 Å². The molecule has 0 bridgehead atoms. The van der Waals surface area contributed by atoms with Crippen LogP contribution >= 0.6 is 0 Å². The van der Waals surface area contributed by atoms with Crippen molar-refractivity contribution in [3.63, 3.8) is 0 Å². The van der Waals surface area contributed by atoms with Gasteiger partial charge in [0, 0.05) is 12.6 Å². The van der Waals surface area contributed by atoms with Gasteiger partial charge in [-0.1, -0.05) is 33.6 Å². The fourth-order valence-electron chi connectivity index (χ4n) is 3.20. The zero-order chi connectivity index (χ0) is 14.3. The number of hydrogen-bond acceptors (Lipinski definition) is 2. The molecule has 1 unspecified atom stereocenters. The Morgan fingerprint density at radius 3 is 2.37 bits per heavy atom. The van der Waals surface area contributed by atoms with Gasteiger partial charge in [0.25, 0.3) is 0 Å². The first-order valence-electron chi connectivity index (χ1n) is 7.97. The molecule has 3 nitrogen and oxygen atoms in total. The smallest absolute Gasteiger partial charge is 0.233 e. The maximum absolute atomic E-state index is 11.9. The van der Waals surface area contributed by atoms with Gasteiger partial charge in [-0.15, -0.1) is 0 Å². The maximum Gasteiger partial charge on any atom is 0.233 e. The van der Waals surface area contributed by atoms with E-state index in [0.29, 0.717) is 23.9 Å². The molecule has 1 saturated carbocycles. The van der Waals surface area contributed by atoms with E-state index in [4.69, 9.17) is 0 Å². The van der Waals surface area contributed by atoms with Crippen LogP contribution in [0.4, 0.5) is 0 Å². The largest absolute Gasteiger partial charge is 0.354 e. The number of amides is 1. The van der Waals surface area contributed by atoms with Crippen molar-refractivity contribution in [1.82, 2.24) is 10.6 Å². The number of hydrogen-bond donors (Lipinski definition) is 2. The third-order valence-electron chi connectivity index (χ3n) is 4.39. The first-order chi connectivity index (χ1) is 8.97. The summed E-state index contributed by atoms with van der Waals surface area (Å²) in [5.41, 5.74) is 0.375. The van der Waals surface area contributed by atoms with Gasteiger partial charge in [0.15, 0.2) is 0 Å². The van der Waals surface area contributed by atoms with E-state index in [-0.39, 0.29) is 5.91 Å². The Morgan fingerprint density at radius 1 is 1.21 bits per heavy atom. The van der Waals surface area contributed by atoms with Gasteiger partial charge in [-0.25, -0.2) is 0 Å². The van der Waals surface area contributed by atoms with Crippen molar-refractivity contribution in [2.45, 2.75) is 72.3 Å². The summed E-state index contributed by atoms with van der Waals surface area (Å²) in [7, 11) is 0. The quantitative estimate of drug-likeness (QED) is 0.710. The molecule has 0 radical (unpaired) electrons. The minimum Gasteiger partial charge on any atom is -0.354 e. The summed E-state index contributed by atoms with van der Waals surface area (Å²) in [5, 5.41) is 6.40. The monoisotopic (exact) mass is 268 g/mol. The predicted molar refractivity (Wildman–Crippen MR) is 81.1 cm³/mol. The summed E-state index contributed by atoms with van der Waals surface area (Å²) in [6.07, 6.45) is 7.52. The molecule has 1 atom stereocenters. The van der Waals surface area contributed by atoms with E-state index in [0.717, 1.165) is 13.0 Å². The Kier molecular flexibility index (Phi) is 6.84. The van der Waals surface area contributed by atoms with Crippen LogP contribution in [0.15, 0.2) is 0 Å². The summed E-state index contributed by atoms with van der Waals surface area (Å²) >= 11 is 0. The van der Waals surface area contributed by atoms with Crippen molar-refractivity contribution >= 4 is 5.91 Å². The third kappa shape index (κ3) is 5.94. The minimum atomic E-state index is 0.148. The molecule has 0 spiro atoms. The van der Waals surface area contributed by atoms with Crippen molar-refractivity contribution in [3.8, 4) is 0 Å². The predicted octanol–water partition coefficient (Wildman–Crippen LogP) is 3.10. The van der Waals surface area contributed by atoms with Crippen LogP contribution in [0.5, 0.6) is 0 Å². The molecule has 1 aliphatic carbocycles. The van der Waals surface area contributed by atoms with Gasteiger partial charge >= 0.3 is 0 Å². The van der Waals surface area contributed by atoms with E-state index < -0.39 is 0 Å². The van der Waals surface area contributed by atoms with Gasteiger partial charge in [-0.05, 0) is 43.9 Å². The molecule has 0 aliphatic heterocycles. The van der Waals surface area contributed by atoms with Crippen LogP contribution in [0.1, 0.15) is 66.2 Å². The van der Waals surface area contributed by atoms with Gasteiger partial charge in [0.1, 0.15) is 0 Å². The lowest BCUT2D eigenvalue weighted by molar-refractivity contribution is -0.120. The molecule has 19 heavy (non-hydrogen) atoms. The van der Waals surface area contributed by atoms with E-state index in [1.165, 1.54) is 32.1 Å². The summed E-state index contributed by atoms with van der Waals surface area (Å²) in [6.45, 7) is 10.1. The van der Waals surface area contributed by atoms with E-state index in [1.54, 1.807) is 0 Å². The van der Waals surface area contributed by atoms with Gasteiger partial charge in [0.2, 0.25) is 5.91 Å². The summed E-state index contributed by atoms with van der Waals surface area (Å²) < 4.78 is 0. The lowest BCUT2D eigenvalue weighted by Gasteiger charge is -2.31. The lowest BCUT2D eigenvalue weighted by atomic mass is 9.78. The van der Waals surface area contributed by atoms with Crippen LogP contribution in [0.3, 0.4) is 0 Å². The summed E-state index contributed by atoms with van der Waals surface area (Å²) in [5.74, 6) is 0.864. The lowest BCUT2D eigenvalue weighted by Crippen LogP contribution is -2.42. The Balaban J connectivity index is 2.33. The molecule has 0 aromatic rings. The Labute approximate surface area is 118 Å². The van der Waals surface area contributed by atoms with Crippen molar-refractivity contribution in [2.24, 2.45) is 11.3 Å². The average molecular weight is 268 g/mol.